The van der Waals surface area contributed by atoms with Crippen LogP contribution in [0.3, 0.4) is 0 Å². The molecule has 0 aliphatic carbocycles. The number of benzene rings is 1. The number of piperidine rings is 1. The van der Waals surface area contributed by atoms with Crippen molar-refractivity contribution in [2.45, 2.75) is 29.8 Å². The van der Waals surface area contributed by atoms with Gasteiger partial charge in [-0.2, -0.15) is 0 Å². The van der Waals surface area contributed by atoms with Crippen LogP contribution in [-0.4, -0.2) is 51.7 Å². The minimum atomic E-state index is -4.00. The van der Waals surface area contributed by atoms with Crippen molar-refractivity contribution in [3.8, 4) is 0 Å². The van der Waals surface area contributed by atoms with Crippen LogP contribution in [0, 0.1) is 10.1 Å². The second-order valence-electron chi connectivity index (χ2n) is 6.03. The van der Waals surface area contributed by atoms with E-state index >= 15 is 0 Å². The van der Waals surface area contributed by atoms with E-state index in [-0.39, 0.29) is 22.7 Å². The van der Waals surface area contributed by atoms with Crippen molar-refractivity contribution < 1.29 is 18.1 Å². The highest BCUT2D eigenvalue weighted by Crippen LogP contribution is 2.36. The minimum absolute atomic E-state index is 0.0622. The molecule has 2 saturated heterocycles. The van der Waals surface area contributed by atoms with Gasteiger partial charge in [-0.15, -0.1) is 0 Å². The van der Waals surface area contributed by atoms with Crippen LogP contribution in [0.25, 0.3) is 0 Å². The van der Waals surface area contributed by atoms with Gasteiger partial charge in [0.25, 0.3) is 5.69 Å². The number of nitrogens with one attached hydrogen (secondary N) is 1. The lowest BCUT2D eigenvalue weighted by Gasteiger charge is -2.45. The Labute approximate surface area is 140 Å². The van der Waals surface area contributed by atoms with Crippen LogP contribution in [0.2, 0.25) is 0 Å². The van der Waals surface area contributed by atoms with Crippen LogP contribution < -0.4 is 15.4 Å². The summed E-state index contributed by atoms with van der Waals surface area (Å²) < 4.78 is 28.3. The average molecular weight is 356 g/mol. The van der Waals surface area contributed by atoms with Crippen molar-refractivity contribution in [3.63, 3.8) is 0 Å². The summed E-state index contributed by atoms with van der Waals surface area (Å²) in [5, 5.41) is 19.9. The normalized spacial score (nSPS) is 19.7. The fourth-order valence-corrected chi connectivity index (χ4v) is 3.74. The van der Waals surface area contributed by atoms with E-state index < -0.39 is 14.9 Å². The molecule has 0 unspecified atom stereocenters. The first-order valence-electron chi connectivity index (χ1n) is 7.76. The maximum Gasteiger partial charge on any atom is 0.293 e. The molecule has 0 bridgehead atoms. The first-order valence-corrected chi connectivity index (χ1v) is 9.30. The van der Waals surface area contributed by atoms with E-state index in [0.717, 1.165) is 32.0 Å². The predicted molar refractivity (Wildman–Crippen MR) is 87.4 cm³/mol. The van der Waals surface area contributed by atoms with Crippen LogP contribution in [0.4, 0.5) is 11.4 Å². The van der Waals surface area contributed by atoms with Crippen LogP contribution in [0.15, 0.2) is 23.1 Å². The molecule has 1 aromatic rings. The van der Waals surface area contributed by atoms with E-state index in [4.69, 9.17) is 9.88 Å². The lowest BCUT2D eigenvalue weighted by molar-refractivity contribution is -0.384. The van der Waals surface area contributed by atoms with Crippen LogP contribution >= 0.6 is 0 Å². The smallest absolute Gasteiger partial charge is 0.293 e. The molecule has 2 heterocycles. The molecular weight excluding hydrogens is 336 g/mol. The zero-order valence-electron chi connectivity index (χ0n) is 13.1. The van der Waals surface area contributed by atoms with E-state index in [0.29, 0.717) is 18.9 Å². The zero-order valence-corrected chi connectivity index (χ0v) is 13.9. The van der Waals surface area contributed by atoms with Gasteiger partial charge in [0.2, 0.25) is 10.0 Å². The highest BCUT2D eigenvalue weighted by atomic mass is 32.2. The highest BCUT2D eigenvalue weighted by molar-refractivity contribution is 7.89. The Morgan fingerprint density at radius 3 is 2.42 bits per heavy atom. The largest absolute Gasteiger partial charge is 0.377 e. The number of sulfonamides is 1. The lowest BCUT2D eigenvalue weighted by atomic mass is 10.00. The van der Waals surface area contributed by atoms with Crippen LogP contribution in [-0.2, 0) is 14.8 Å². The Morgan fingerprint density at radius 2 is 1.92 bits per heavy atom. The average Bonchev–Trinajstić information content (AvgIpc) is 2.50. The van der Waals surface area contributed by atoms with Gasteiger partial charge in [-0.25, -0.2) is 13.6 Å². The Kier molecular flexibility index (Phi) is 4.72. The standard InChI is InChI=1S/C14H20N4O5S/c15-24(21,22)12-1-2-13(14(7-12)18(19)20)17(11-8-23-9-11)10-3-5-16-6-4-10/h1-2,7,10-11,16H,3-6,8-9H2,(H2,15,21,22). The second-order valence-corrected chi connectivity index (χ2v) is 7.59. The number of nitrogens with two attached hydrogens (primary N) is 1. The number of hydrogen-bond donors (Lipinski definition) is 2. The van der Waals surface area contributed by atoms with Crippen LogP contribution in [0.5, 0.6) is 0 Å². The van der Waals surface area contributed by atoms with Gasteiger partial charge < -0.3 is 15.0 Å². The van der Waals surface area contributed by atoms with Gasteiger partial charge in [-0.3, -0.25) is 10.1 Å². The fourth-order valence-electron chi connectivity index (χ4n) is 3.21. The zero-order chi connectivity index (χ0) is 17.3. The molecule has 0 radical (unpaired) electrons. The summed E-state index contributed by atoms with van der Waals surface area (Å²) in [4.78, 5) is 12.7. The Hall–Kier alpha value is -1.75. The first-order chi connectivity index (χ1) is 11.4. The van der Waals surface area contributed by atoms with Gasteiger partial charge in [-0.1, -0.05) is 0 Å². The molecule has 1 aromatic carbocycles. The molecule has 3 N–H and O–H groups in total. The molecule has 2 aliphatic heterocycles. The lowest BCUT2D eigenvalue weighted by Crippen LogP contribution is -2.56. The SMILES string of the molecule is NS(=O)(=O)c1ccc(N(C2CCNCC2)C2COC2)c([N+](=O)[O-])c1. The Morgan fingerprint density at radius 1 is 1.25 bits per heavy atom. The van der Waals surface area contributed by atoms with Crippen molar-refractivity contribution in [2.24, 2.45) is 5.14 Å². The van der Waals surface area contributed by atoms with E-state index in [1.807, 2.05) is 4.90 Å². The van der Waals surface area contributed by atoms with Crippen molar-refractivity contribution in [1.29, 1.82) is 0 Å². The predicted octanol–water partition coefficient (Wildman–Crippen LogP) is 0.199. The van der Waals surface area contributed by atoms with Gasteiger partial charge in [0.05, 0.1) is 29.1 Å². The molecule has 2 fully saturated rings. The molecule has 2 aliphatic rings. The van der Waals surface area contributed by atoms with Gasteiger partial charge in [-0.05, 0) is 38.1 Å². The first kappa shape index (κ1) is 17.1. The van der Waals surface area contributed by atoms with Crippen molar-refractivity contribution in [3.05, 3.63) is 28.3 Å². The number of rotatable bonds is 5. The van der Waals surface area contributed by atoms with E-state index in [1.54, 1.807) is 0 Å². The maximum atomic E-state index is 11.5. The van der Waals surface area contributed by atoms with E-state index in [1.165, 1.54) is 12.1 Å². The topological polar surface area (TPSA) is 128 Å². The molecule has 0 aromatic heterocycles. The van der Waals surface area contributed by atoms with E-state index in [2.05, 4.69) is 5.32 Å². The quantitative estimate of drug-likeness (QED) is 0.570. The Balaban J connectivity index is 2.04. The molecule has 10 heteroatoms. The van der Waals surface area contributed by atoms with Gasteiger partial charge in [0, 0.05) is 12.1 Å². The Bertz CT molecular complexity index is 729. The number of nitro benzene ring substituents is 1. The van der Waals surface area contributed by atoms with Crippen molar-refractivity contribution in [1.82, 2.24) is 5.32 Å². The summed E-state index contributed by atoms with van der Waals surface area (Å²) in [5.41, 5.74) is 0.180. The fraction of sp³-hybridized carbons (Fsp3) is 0.571. The summed E-state index contributed by atoms with van der Waals surface area (Å²) >= 11 is 0. The number of ether oxygens (including phenoxy) is 1. The molecule has 0 atom stereocenters. The molecule has 9 nitrogen and oxygen atoms in total. The third-order valence-corrected chi connectivity index (χ3v) is 5.38. The van der Waals surface area contributed by atoms with Crippen LogP contribution in [0.1, 0.15) is 12.8 Å². The molecule has 132 valence electrons. The number of anilines is 1. The van der Waals surface area contributed by atoms with Gasteiger partial charge in [0.1, 0.15) is 5.69 Å². The summed E-state index contributed by atoms with van der Waals surface area (Å²) in [5.74, 6) is 0. The van der Waals surface area contributed by atoms with Crippen molar-refractivity contribution in [2.75, 3.05) is 31.2 Å². The monoisotopic (exact) mass is 356 g/mol. The molecule has 3 rings (SSSR count). The number of nitro groups is 1. The summed E-state index contributed by atoms with van der Waals surface area (Å²) in [6.45, 7) is 2.71. The molecule has 0 amide bonds. The number of hydrogen-bond acceptors (Lipinski definition) is 7. The maximum absolute atomic E-state index is 11.5. The summed E-state index contributed by atoms with van der Waals surface area (Å²) in [6.07, 6.45) is 1.73. The highest BCUT2D eigenvalue weighted by Gasteiger charge is 2.36. The van der Waals surface area contributed by atoms with E-state index in [9.17, 15) is 18.5 Å². The van der Waals surface area contributed by atoms with Crippen molar-refractivity contribution >= 4 is 21.4 Å². The molecule has 0 spiro atoms. The molecule has 24 heavy (non-hydrogen) atoms. The molecular formula is C14H20N4O5S. The molecule has 0 saturated carbocycles. The summed E-state index contributed by atoms with van der Waals surface area (Å²) in [6, 6.07) is 4.06. The number of nitrogens with zero attached hydrogens (tertiary/aromatic N) is 2. The minimum Gasteiger partial charge on any atom is -0.377 e. The van der Waals surface area contributed by atoms with Gasteiger partial charge in [0.15, 0.2) is 0 Å². The third kappa shape index (κ3) is 3.36. The summed E-state index contributed by atoms with van der Waals surface area (Å²) in [7, 11) is -4.00. The number of primary sulfonamides is 1. The second kappa shape index (κ2) is 6.63. The third-order valence-electron chi connectivity index (χ3n) is 4.47. The van der Waals surface area contributed by atoms with Gasteiger partial charge >= 0.3 is 0 Å².